The lowest BCUT2D eigenvalue weighted by molar-refractivity contribution is 0.0259. The fraction of sp³-hybridized carbons (Fsp3) is 0.280. The first-order valence-electron chi connectivity index (χ1n) is 10.5. The lowest BCUT2D eigenvalue weighted by Gasteiger charge is -2.39. The number of aryl methyl sites for hydroxylation is 1. The SMILES string of the molecule is Cc1ncc(OC[C@@H]2CCN2C(=O)OCc2ccccc2)cc1NCc1ccccc1. The summed E-state index contributed by atoms with van der Waals surface area (Å²) in [4.78, 5) is 18.5. The van der Waals surface area contributed by atoms with Crippen molar-refractivity contribution in [2.75, 3.05) is 18.5 Å². The molecule has 1 atom stereocenters. The average Bonchev–Trinajstić information content (AvgIpc) is 2.78. The minimum Gasteiger partial charge on any atom is -0.490 e. The number of amides is 1. The summed E-state index contributed by atoms with van der Waals surface area (Å²) in [5.74, 6) is 0.686. The van der Waals surface area contributed by atoms with Crippen molar-refractivity contribution in [3.8, 4) is 5.75 Å². The maximum Gasteiger partial charge on any atom is 0.410 e. The number of carbonyl (C=O) groups is 1. The van der Waals surface area contributed by atoms with Crippen molar-refractivity contribution < 1.29 is 14.3 Å². The Bertz CT molecular complexity index is 995. The summed E-state index contributed by atoms with van der Waals surface area (Å²) in [6.45, 7) is 4.08. The van der Waals surface area contributed by atoms with E-state index in [4.69, 9.17) is 9.47 Å². The zero-order valence-electron chi connectivity index (χ0n) is 17.7. The van der Waals surface area contributed by atoms with Gasteiger partial charge in [-0.05, 0) is 24.5 Å². The Morgan fingerprint density at radius 1 is 1.10 bits per heavy atom. The van der Waals surface area contributed by atoms with E-state index in [0.29, 0.717) is 18.9 Å². The highest BCUT2D eigenvalue weighted by Crippen LogP contribution is 2.24. The highest BCUT2D eigenvalue weighted by Gasteiger charge is 2.34. The third kappa shape index (κ3) is 5.54. The number of ether oxygens (including phenoxy) is 2. The minimum absolute atomic E-state index is 0.0188. The normalized spacial score (nSPS) is 15.1. The van der Waals surface area contributed by atoms with Crippen LogP contribution in [0.4, 0.5) is 10.5 Å². The standard InChI is InChI=1S/C25H27N3O3/c1-19-24(27-15-20-8-4-2-5-9-20)14-23(16-26-19)30-18-22-12-13-28(22)25(29)31-17-21-10-6-3-7-11-21/h2-11,14,16,22,27H,12-13,15,17-18H2,1H3/t22-/m0/s1. The largest absolute Gasteiger partial charge is 0.490 e. The number of carbonyl (C=O) groups excluding carboxylic acids is 1. The van der Waals surface area contributed by atoms with E-state index in [0.717, 1.165) is 29.9 Å². The van der Waals surface area contributed by atoms with Crippen LogP contribution in [0, 0.1) is 6.92 Å². The first-order valence-corrected chi connectivity index (χ1v) is 10.5. The van der Waals surface area contributed by atoms with Crippen LogP contribution < -0.4 is 10.1 Å². The first-order chi connectivity index (χ1) is 15.2. The molecule has 3 aromatic rings. The summed E-state index contributed by atoms with van der Waals surface area (Å²) in [7, 11) is 0. The van der Waals surface area contributed by atoms with Crippen LogP contribution in [-0.4, -0.2) is 35.2 Å². The predicted octanol–water partition coefficient (Wildman–Crippen LogP) is 4.79. The number of rotatable bonds is 8. The molecule has 0 aliphatic carbocycles. The number of benzene rings is 2. The molecule has 6 heteroatoms. The van der Waals surface area contributed by atoms with Crippen LogP contribution in [0.5, 0.6) is 5.75 Å². The Morgan fingerprint density at radius 3 is 2.48 bits per heavy atom. The molecule has 0 bridgehead atoms. The van der Waals surface area contributed by atoms with E-state index in [1.807, 2.05) is 61.5 Å². The zero-order valence-corrected chi connectivity index (χ0v) is 17.7. The number of nitrogens with zero attached hydrogens (tertiary/aromatic N) is 2. The second-order valence-corrected chi connectivity index (χ2v) is 7.63. The third-order valence-corrected chi connectivity index (χ3v) is 5.41. The van der Waals surface area contributed by atoms with E-state index < -0.39 is 0 Å². The van der Waals surface area contributed by atoms with Crippen molar-refractivity contribution in [2.24, 2.45) is 0 Å². The molecule has 1 saturated heterocycles. The number of pyridine rings is 1. The molecule has 0 saturated carbocycles. The third-order valence-electron chi connectivity index (χ3n) is 5.41. The van der Waals surface area contributed by atoms with Gasteiger partial charge >= 0.3 is 6.09 Å². The Kier molecular flexibility index (Phi) is 6.67. The van der Waals surface area contributed by atoms with Crippen molar-refractivity contribution in [3.05, 3.63) is 89.7 Å². The summed E-state index contributed by atoms with van der Waals surface area (Å²) in [6, 6.07) is 21.9. The van der Waals surface area contributed by atoms with Crippen LogP contribution in [0.3, 0.4) is 0 Å². The summed E-state index contributed by atoms with van der Waals surface area (Å²) < 4.78 is 11.4. The molecular formula is C25H27N3O3. The van der Waals surface area contributed by atoms with Crippen LogP contribution in [0.2, 0.25) is 0 Å². The van der Waals surface area contributed by atoms with E-state index in [9.17, 15) is 4.79 Å². The molecule has 0 radical (unpaired) electrons. The van der Waals surface area contributed by atoms with Gasteiger partial charge in [0, 0.05) is 19.2 Å². The molecule has 1 aromatic heterocycles. The fourth-order valence-corrected chi connectivity index (χ4v) is 3.41. The van der Waals surface area contributed by atoms with Gasteiger partial charge in [-0.15, -0.1) is 0 Å². The van der Waals surface area contributed by atoms with Crippen molar-refractivity contribution in [3.63, 3.8) is 0 Å². The second kappa shape index (κ2) is 9.98. The van der Waals surface area contributed by atoms with Crippen LogP contribution in [0.1, 0.15) is 23.2 Å². The lowest BCUT2D eigenvalue weighted by Crippen LogP contribution is -2.54. The van der Waals surface area contributed by atoms with E-state index in [2.05, 4.69) is 22.4 Å². The number of hydrogen-bond acceptors (Lipinski definition) is 5. The zero-order chi connectivity index (χ0) is 21.5. The van der Waals surface area contributed by atoms with Gasteiger partial charge in [0.15, 0.2) is 0 Å². The van der Waals surface area contributed by atoms with Gasteiger partial charge in [0.05, 0.1) is 23.6 Å². The summed E-state index contributed by atoms with van der Waals surface area (Å²) in [5, 5.41) is 3.42. The number of anilines is 1. The highest BCUT2D eigenvalue weighted by molar-refractivity contribution is 5.69. The minimum atomic E-state index is -0.295. The molecule has 0 unspecified atom stereocenters. The van der Waals surface area contributed by atoms with E-state index in [1.165, 1.54) is 5.56 Å². The van der Waals surface area contributed by atoms with Gasteiger partial charge in [-0.2, -0.15) is 0 Å². The predicted molar refractivity (Wildman–Crippen MR) is 120 cm³/mol. The van der Waals surface area contributed by atoms with E-state index in [1.54, 1.807) is 11.1 Å². The van der Waals surface area contributed by atoms with Crippen molar-refractivity contribution in [1.29, 1.82) is 0 Å². The summed E-state index contributed by atoms with van der Waals surface area (Å²) >= 11 is 0. The first kappa shape index (κ1) is 20.7. The number of likely N-dealkylation sites (tertiary alicyclic amines) is 1. The summed E-state index contributed by atoms with van der Waals surface area (Å²) in [6.07, 6.45) is 2.33. The smallest absolute Gasteiger partial charge is 0.410 e. The maximum atomic E-state index is 12.4. The number of aromatic nitrogens is 1. The monoisotopic (exact) mass is 417 g/mol. The van der Waals surface area contributed by atoms with E-state index >= 15 is 0 Å². The Labute approximate surface area is 182 Å². The molecule has 160 valence electrons. The molecule has 1 aliphatic heterocycles. The van der Waals surface area contributed by atoms with Crippen molar-refractivity contribution >= 4 is 11.8 Å². The topological polar surface area (TPSA) is 63.7 Å². The number of hydrogen-bond donors (Lipinski definition) is 1. The quantitative estimate of drug-likeness (QED) is 0.571. The molecule has 1 fully saturated rings. The lowest BCUT2D eigenvalue weighted by atomic mass is 10.1. The van der Waals surface area contributed by atoms with Crippen LogP contribution in [0.25, 0.3) is 0 Å². The van der Waals surface area contributed by atoms with Crippen LogP contribution >= 0.6 is 0 Å². The van der Waals surface area contributed by atoms with Gasteiger partial charge in [-0.1, -0.05) is 60.7 Å². The van der Waals surface area contributed by atoms with Gasteiger partial charge in [0.2, 0.25) is 0 Å². The molecule has 2 aromatic carbocycles. The van der Waals surface area contributed by atoms with Crippen LogP contribution in [0.15, 0.2) is 72.9 Å². The molecule has 1 aliphatic rings. The molecule has 1 amide bonds. The molecule has 2 heterocycles. The Morgan fingerprint density at radius 2 is 1.81 bits per heavy atom. The fourth-order valence-electron chi connectivity index (χ4n) is 3.41. The Hall–Kier alpha value is -3.54. The van der Waals surface area contributed by atoms with Gasteiger partial charge in [-0.3, -0.25) is 4.98 Å². The molecular weight excluding hydrogens is 390 g/mol. The van der Waals surface area contributed by atoms with Gasteiger partial charge < -0.3 is 19.7 Å². The highest BCUT2D eigenvalue weighted by atomic mass is 16.6. The molecule has 31 heavy (non-hydrogen) atoms. The van der Waals surface area contributed by atoms with Gasteiger partial charge in [-0.25, -0.2) is 4.79 Å². The van der Waals surface area contributed by atoms with Crippen LogP contribution in [-0.2, 0) is 17.9 Å². The molecule has 1 N–H and O–H groups in total. The van der Waals surface area contributed by atoms with Crippen molar-refractivity contribution in [1.82, 2.24) is 9.88 Å². The molecule has 0 spiro atoms. The second-order valence-electron chi connectivity index (χ2n) is 7.63. The Balaban J connectivity index is 1.27. The van der Waals surface area contributed by atoms with Gasteiger partial charge in [0.25, 0.3) is 0 Å². The molecule has 4 rings (SSSR count). The van der Waals surface area contributed by atoms with Gasteiger partial charge in [0.1, 0.15) is 19.0 Å². The number of nitrogens with one attached hydrogen (secondary N) is 1. The van der Waals surface area contributed by atoms with Crippen molar-refractivity contribution in [2.45, 2.75) is 32.5 Å². The maximum absolute atomic E-state index is 12.4. The average molecular weight is 418 g/mol. The summed E-state index contributed by atoms with van der Waals surface area (Å²) in [5.41, 5.74) is 4.03. The van der Waals surface area contributed by atoms with E-state index in [-0.39, 0.29) is 18.7 Å². The molecule has 6 nitrogen and oxygen atoms in total.